The van der Waals surface area contributed by atoms with Gasteiger partial charge in [-0.25, -0.2) is 0 Å². The van der Waals surface area contributed by atoms with Crippen molar-refractivity contribution in [2.45, 2.75) is 32.0 Å². The van der Waals surface area contributed by atoms with E-state index in [9.17, 15) is 5.11 Å². The molecule has 0 amide bonds. The first kappa shape index (κ1) is 21.7. The zero-order valence-corrected chi connectivity index (χ0v) is 17.8. The summed E-state index contributed by atoms with van der Waals surface area (Å²) in [6.45, 7) is 3.90. The topological polar surface area (TPSA) is 41.9 Å². The second kappa shape index (κ2) is 11.2. The average molecular weight is 418 g/mol. The fourth-order valence-electron chi connectivity index (χ4n) is 4.13. The smallest absolute Gasteiger partial charge is 0.0969 e. The number of ether oxygens (including phenoxy) is 2. The van der Waals surface area contributed by atoms with Gasteiger partial charge in [0.1, 0.15) is 0 Å². The lowest BCUT2D eigenvalue weighted by Crippen LogP contribution is -2.54. The molecule has 3 aromatic rings. The van der Waals surface area contributed by atoms with E-state index in [1.807, 2.05) is 42.5 Å². The molecule has 3 atom stereocenters. The number of hydrogen-bond donors (Lipinski definition) is 1. The van der Waals surface area contributed by atoms with E-state index in [0.29, 0.717) is 26.4 Å². The largest absolute Gasteiger partial charge is 0.390 e. The minimum Gasteiger partial charge on any atom is -0.390 e. The lowest BCUT2D eigenvalue weighted by atomic mass is 9.92. The predicted octanol–water partition coefficient (Wildman–Crippen LogP) is 4.28. The maximum Gasteiger partial charge on any atom is 0.0969 e. The van der Waals surface area contributed by atoms with Gasteiger partial charge in [-0.05, 0) is 16.7 Å². The molecule has 1 N–H and O–H groups in total. The van der Waals surface area contributed by atoms with Crippen LogP contribution in [0.5, 0.6) is 0 Å². The standard InChI is InChI=1S/C27H31NO3/c29-27-25(21-30-19-23-12-6-2-7-13-23)17-28(16-22-10-4-1-5-11-22)18-26(27)31-20-24-14-8-3-9-15-24/h1-15,25-27,29H,16-21H2/t25-,26-,27-/m1/s1. The summed E-state index contributed by atoms with van der Waals surface area (Å²) in [5.74, 6) is 0.00180. The molecule has 1 heterocycles. The average Bonchev–Trinajstić information content (AvgIpc) is 2.82. The van der Waals surface area contributed by atoms with Crippen LogP contribution in [0.4, 0.5) is 0 Å². The van der Waals surface area contributed by atoms with Crippen LogP contribution >= 0.6 is 0 Å². The second-order valence-corrected chi connectivity index (χ2v) is 8.27. The number of likely N-dealkylation sites (tertiary alicyclic amines) is 1. The molecule has 0 saturated carbocycles. The summed E-state index contributed by atoms with van der Waals surface area (Å²) in [6, 6.07) is 30.8. The molecule has 31 heavy (non-hydrogen) atoms. The SMILES string of the molecule is O[C@@H]1[C@@H](COCc2ccccc2)CN(Cc2ccccc2)C[C@H]1OCc1ccccc1. The van der Waals surface area contributed by atoms with Gasteiger partial charge in [0.05, 0.1) is 32.0 Å². The van der Waals surface area contributed by atoms with E-state index in [2.05, 4.69) is 53.4 Å². The Kier molecular flexibility index (Phi) is 7.86. The Hall–Kier alpha value is -2.50. The van der Waals surface area contributed by atoms with Crippen molar-refractivity contribution in [2.24, 2.45) is 5.92 Å². The first-order valence-corrected chi connectivity index (χ1v) is 11.0. The summed E-state index contributed by atoms with van der Waals surface area (Å²) in [4.78, 5) is 2.37. The highest BCUT2D eigenvalue weighted by atomic mass is 16.5. The van der Waals surface area contributed by atoms with Crippen molar-refractivity contribution in [3.8, 4) is 0 Å². The Balaban J connectivity index is 1.39. The Morgan fingerprint density at radius 3 is 1.87 bits per heavy atom. The van der Waals surface area contributed by atoms with Gasteiger partial charge in [-0.3, -0.25) is 4.90 Å². The molecule has 1 aliphatic rings. The van der Waals surface area contributed by atoms with Crippen molar-refractivity contribution in [2.75, 3.05) is 19.7 Å². The summed E-state index contributed by atoms with van der Waals surface area (Å²) >= 11 is 0. The van der Waals surface area contributed by atoms with Crippen molar-refractivity contribution in [1.82, 2.24) is 4.90 Å². The summed E-state index contributed by atoms with van der Waals surface area (Å²) in [5.41, 5.74) is 3.53. The van der Waals surface area contributed by atoms with E-state index < -0.39 is 6.10 Å². The second-order valence-electron chi connectivity index (χ2n) is 8.27. The van der Waals surface area contributed by atoms with Crippen molar-refractivity contribution < 1.29 is 14.6 Å². The molecule has 4 heteroatoms. The Bertz CT molecular complexity index is 888. The van der Waals surface area contributed by atoms with Gasteiger partial charge >= 0.3 is 0 Å². The molecule has 1 saturated heterocycles. The molecular formula is C27H31NO3. The van der Waals surface area contributed by atoms with Gasteiger partial charge in [0, 0.05) is 25.6 Å². The molecule has 0 spiro atoms. The minimum absolute atomic E-state index is 0.00180. The normalized spacial score (nSPS) is 21.8. The number of benzene rings is 3. The molecule has 3 aromatic carbocycles. The fraction of sp³-hybridized carbons (Fsp3) is 0.333. The van der Waals surface area contributed by atoms with Gasteiger partial charge in [-0.2, -0.15) is 0 Å². The maximum atomic E-state index is 11.1. The van der Waals surface area contributed by atoms with Crippen LogP contribution in [0.25, 0.3) is 0 Å². The van der Waals surface area contributed by atoms with Crippen LogP contribution in [-0.4, -0.2) is 41.9 Å². The van der Waals surface area contributed by atoms with Crippen LogP contribution in [0.15, 0.2) is 91.0 Å². The first-order chi connectivity index (χ1) is 15.3. The highest BCUT2D eigenvalue weighted by Crippen LogP contribution is 2.24. The van der Waals surface area contributed by atoms with Gasteiger partial charge in [0.15, 0.2) is 0 Å². The van der Waals surface area contributed by atoms with Crippen molar-refractivity contribution in [3.63, 3.8) is 0 Å². The molecule has 4 nitrogen and oxygen atoms in total. The molecule has 0 aromatic heterocycles. The lowest BCUT2D eigenvalue weighted by molar-refractivity contribution is -0.128. The van der Waals surface area contributed by atoms with Crippen LogP contribution < -0.4 is 0 Å². The van der Waals surface area contributed by atoms with E-state index in [4.69, 9.17) is 9.47 Å². The van der Waals surface area contributed by atoms with E-state index in [-0.39, 0.29) is 12.0 Å². The molecule has 1 aliphatic heterocycles. The third kappa shape index (κ3) is 6.49. The quantitative estimate of drug-likeness (QED) is 0.564. The number of rotatable bonds is 9. The van der Waals surface area contributed by atoms with Crippen LogP contribution in [0, 0.1) is 5.92 Å². The lowest BCUT2D eigenvalue weighted by Gasteiger charge is -2.41. The molecule has 1 fully saturated rings. The molecule has 4 rings (SSSR count). The van der Waals surface area contributed by atoms with Gasteiger partial charge < -0.3 is 14.6 Å². The molecule has 0 radical (unpaired) electrons. The Morgan fingerprint density at radius 1 is 0.710 bits per heavy atom. The first-order valence-electron chi connectivity index (χ1n) is 11.0. The van der Waals surface area contributed by atoms with Gasteiger partial charge in [-0.15, -0.1) is 0 Å². The molecule has 0 aliphatic carbocycles. The van der Waals surface area contributed by atoms with Crippen LogP contribution in [0.3, 0.4) is 0 Å². The van der Waals surface area contributed by atoms with Gasteiger partial charge in [0.25, 0.3) is 0 Å². The fourth-order valence-corrected chi connectivity index (χ4v) is 4.13. The summed E-state index contributed by atoms with van der Waals surface area (Å²) in [6.07, 6.45) is -0.797. The molecule has 162 valence electrons. The summed E-state index contributed by atoms with van der Waals surface area (Å²) in [7, 11) is 0. The van der Waals surface area contributed by atoms with Crippen LogP contribution in [0.1, 0.15) is 16.7 Å². The zero-order chi connectivity index (χ0) is 21.3. The Labute approximate surface area is 185 Å². The monoisotopic (exact) mass is 417 g/mol. The van der Waals surface area contributed by atoms with E-state index in [1.165, 1.54) is 5.56 Å². The third-order valence-corrected chi connectivity index (χ3v) is 5.79. The van der Waals surface area contributed by atoms with Crippen molar-refractivity contribution in [3.05, 3.63) is 108 Å². The number of aliphatic hydroxyl groups is 1. The number of aliphatic hydroxyl groups excluding tert-OH is 1. The van der Waals surface area contributed by atoms with Gasteiger partial charge in [0.2, 0.25) is 0 Å². The highest BCUT2D eigenvalue weighted by molar-refractivity contribution is 5.16. The van der Waals surface area contributed by atoms with Crippen LogP contribution in [0.2, 0.25) is 0 Å². The summed E-state index contributed by atoms with van der Waals surface area (Å²) < 4.78 is 12.2. The highest BCUT2D eigenvalue weighted by Gasteiger charge is 2.36. The zero-order valence-electron chi connectivity index (χ0n) is 17.8. The van der Waals surface area contributed by atoms with E-state index in [1.54, 1.807) is 0 Å². The van der Waals surface area contributed by atoms with E-state index in [0.717, 1.165) is 24.2 Å². The number of nitrogens with zero attached hydrogens (tertiary/aromatic N) is 1. The third-order valence-electron chi connectivity index (χ3n) is 5.79. The minimum atomic E-state index is -0.550. The number of hydrogen-bond acceptors (Lipinski definition) is 4. The molecule has 0 bridgehead atoms. The predicted molar refractivity (Wildman–Crippen MR) is 122 cm³/mol. The van der Waals surface area contributed by atoms with Crippen molar-refractivity contribution >= 4 is 0 Å². The molecular weight excluding hydrogens is 386 g/mol. The van der Waals surface area contributed by atoms with Gasteiger partial charge in [-0.1, -0.05) is 91.0 Å². The Morgan fingerprint density at radius 2 is 1.26 bits per heavy atom. The van der Waals surface area contributed by atoms with Crippen LogP contribution in [-0.2, 0) is 29.2 Å². The number of piperidine rings is 1. The summed E-state index contributed by atoms with van der Waals surface area (Å²) in [5, 5.41) is 11.1. The molecule has 0 unspecified atom stereocenters. The van der Waals surface area contributed by atoms with E-state index >= 15 is 0 Å². The van der Waals surface area contributed by atoms with Crippen molar-refractivity contribution in [1.29, 1.82) is 0 Å². The maximum absolute atomic E-state index is 11.1.